The van der Waals surface area contributed by atoms with Crippen molar-refractivity contribution in [3.63, 3.8) is 0 Å². The van der Waals surface area contributed by atoms with Crippen molar-refractivity contribution in [3.05, 3.63) is 35.4 Å². The first-order valence-electron chi connectivity index (χ1n) is 5.43. The number of rotatable bonds is 0. The Labute approximate surface area is 94.3 Å². The Balaban J connectivity index is 2.23. The standard InChI is InChI=1S/C13H11N3/c14-9-11-8-10-4-1-2-5-12(10)16-7-3-6-15-13(11)16/h1-2,4-5,8H,3,6-7H2. The van der Waals surface area contributed by atoms with E-state index >= 15 is 0 Å². The van der Waals surface area contributed by atoms with Gasteiger partial charge in [-0.3, -0.25) is 4.99 Å². The van der Waals surface area contributed by atoms with Crippen LogP contribution in [0, 0.1) is 11.3 Å². The van der Waals surface area contributed by atoms with E-state index in [-0.39, 0.29) is 0 Å². The zero-order valence-corrected chi connectivity index (χ0v) is 8.85. The second-order valence-electron chi connectivity index (χ2n) is 3.94. The average molecular weight is 209 g/mol. The molecule has 0 fully saturated rings. The summed E-state index contributed by atoms with van der Waals surface area (Å²) in [5, 5.41) is 9.13. The molecule has 78 valence electrons. The first-order valence-corrected chi connectivity index (χ1v) is 5.43. The number of nitrogens with zero attached hydrogens (tertiary/aromatic N) is 3. The number of aliphatic imine (C=N–C) groups is 1. The maximum Gasteiger partial charge on any atom is 0.146 e. The predicted molar refractivity (Wildman–Crippen MR) is 64.3 cm³/mol. The molecule has 0 atom stereocenters. The van der Waals surface area contributed by atoms with Crippen molar-refractivity contribution in [3.8, 4) is 6.07 Å². The molecule has 3 heteroatoms. The third-order valence-electron chi connectivity index (χ3n) is 2.95. The molecule has 2 heterocycles. The van der Waals surface area contributed by atoms with Crippen LogP contribution in [-0.4, -0.2) is 18.9 Å². The first kappa shape index (κ1) is 9.17. The highest BCUT2D eigenvalue weighted by molar-refractivity contribution is 6.18. The molecule has 0 aromatic heterocycles. The maximum atomic E-state index is 9.13. The molecule has 2 aliphatic rings. The molecule has 3 nitrogen and oxygen atoms in total. The largest absolute Gasteiger partial charge is 0.325 e. The predicted octanol–water partition coefficient (Wildman–Crippen LogP) is 2.22. The summed E-state index contributed by atoms with van der Waals surface area (Å²) in [4.78, 5) is 6.60. The molecule has 0 radical (unpaired) electrons. The van der Waals surface area contributed by atoms with Crippen molar-refractivity contribution in [1.82, 2.24) is 0 Å². The third-order valence-corrected chi connectivity index (χ3v) is 2.95. The topological polar surface area (TPSA) is 39.4 Å². The molecule has 1 aromatic carbocycles. The minimum Gasteiger partial charge on any atom is -0.325 e. The summed E-state index contributed by atoms with van der Waals surface area (Å²) in [5.74, 6) is 0.840. The van der Waals surface area contributed by atoms with Gasteiger partial charge in [0.05, 0.1) is 5.57 Å². The third kappa shape index (κ3) is 1.24. The van der Waals surface area contributed by atoms with Gasteiger partial charge in [-0.05, 0) is 24.1 Å². The maximum absolute atomic E-state index is 9.13. The second kappa shape index (κ2) is 3.49. The van der Waals surface area contributed by atoms with E-state index in [1.165, 1.54) is 5.69 Å². The lowest BCUT2D eigenvalue weighted by atomic mass is 10.0. The van der Waals surface area contributed by atoms with Gasteiger partial charge in [-0.25, -0.2) is 0 Å². The number of benzene rings is 1. The van der Waals surface area contributed by atoms with Crippen LogP contribution in [0.3, 0.4) is 0 Å². The van der Waals surface area contributed by atoms with Gasteiger partial charge >= 0.3 is 0 Å². The fourth-order valence-corrected chi connectivity index (χ4v) is 2.23. The van der Waals surface area contributed by atoms with Gasteiger partial charge < -0.3 is 4.90 Å². The van der Waals surface area contributed by atoms with Crippen molar-refractivity contribution in [2.45, 2.75) is 6.42 Å². The van der Waals surface area contributed by atoms with E-state index in [1.54, 1.807) is 0 Å². The lowest BCUT2D eigenvalue weighted by Crippen LogP contribution is -2.38. The van der Waals surface area contributed by atoms with E-state index < -0.39 is 0 Å². The molecule has 0 N–H and O–H groups in total. The van der Waals surface area contributed by atoms with Crippen molar-refractivity contribution in [1.29, 1.82) is 5.26 Å². The summed E-state index contributed by atoms with van der Waals surface area (Å²) in [6.45, 7) is 1.78. The van der Waals surface area contributed by atoms with Crippen molar-refractivity contribution in [2.75, 3.05) is 18.0 Å². The van der Waals surface area contributed by atoms with Gasteiger partial charge in [0.1, 0.15) is 11.9 Å². The molecule has 1 aromatic rings. The van der Waals surface area contributed by atoms with E-state index in [9.17, 15) is 0 Å². The number of nitriles is 1. The molecule has 0 spiro atoms. The van der Waals surface area contributed by atoms with Gasteiger partial charge in [0.2, 0.25) is 0 Å². The lowest BCUT2D eigenvalue weighted by molar-refractivity contribution is 0.789. The Morgan fingerprint density at radius 3 is 3.06 bits per heavy atom. The van der Waals surface area contributed by atoms with Crippen LogP contribution in [0.5, 0.6) is 0 Å². The highest BCUT2D eigenvalue weighted by Crippen LogP contribution is 2.31. The van der Waals surface area contributed by atoms with Gasteiger partial charge in [0, 0.05) is 18.8 Å². The quantitative estimate of drug-likeness (QED) is 0.657. The van der Waals surface area contributed by atoms with E-state index in [1.807, 2.05) is 24.3 Å². The number of fused-ring (bicyclic) bond motifs is 3. The van der Waals surface area contributed by atoms with Gasteiger partial charge in [-0.1, -0.05) is 18.2 Å². The molecule has 0 amide bonds. The smallest absolute Gasteiger partial charge is 0.146 e. The molecule has 2 aliphatic heterocycles. The highest BCUT2D eigenvalue weighted by atomic mass is 15.2. The zero-order chi connectivity index (χ0) is 11.0. The first-order chi connectivity index (χ1) is 7.90. The Morgan fingerprint density at radius 2 is 2.19 bits per heavy atom. The number of anilines is 1. The monoisotopic (exact) mass is 209 g/mol. The zero-order valence-electron chi connectivity index (χ0n) is 8.85. The molecular formula is C13H11N3. The van der Waals surface area contributed by atoms with E-state index in [4.69, 9.17) is 5.26 Å². The van der Waals surface area contributed by atoms with Crippen LogP contribution in [0.2, 0.25) is 0 Å². The minimum absolute atomic E-state index is 0.679. The van der Waals surface area contributed by atoms with Gasteiger partial charge in [0.15, 0.2) is 0 Å². The van der Waals surface area contributed by atoms with E-state index in [0.29, 0.717) is 5.57 Å². The van der Waals surface area contributed by atoms with Crippen LogP contribution >= 0.6 is 0 Å². The van der Waals surface area contributed by atoms with Crippen LogP contribution in [-0.2, 0) is 0 Å². The van der Waals surface area contributed by atoms with Crippen LogP contribution in [0.15, 0.2) is 34.8 Å². The van der Waals surface area contributed by atoms with Crippen LogP contribution in [0.4, 0.5) is 5.69 Å². The number of para-hydroxylation sites is 1. The van der Waals surface area contributed by atoms with Crippen LogP contribution < -0.4 is 4.90 Å². The summed E-state index contributed by atoms with van der Waals surface area (Å²) < 4.78 is 0. The molecule has 0 saturated heterocycles. The molecule has 0 bridgehead atoms. The second-order valence-corrected chi connectivity index (χ2v) is 3.94. The van der Waals surface area contributed by atoms with E-state index in [2.05, 4.69) is 22.0 Å². The normalized spacial score (nSPS) is 17.8. The summed E-state index contributed by atoms with van der Waals surface area (Å²) >= 11 is 0. The highest BCUT2D eigenvalue weighted by Gasteiger charge is 2.25. The molecule has 0 saturated carbocycles. The Morgan fingerprint density at radius 1 is 1.31 bits per heavy atom. The van der Waals surface area contributed by atoms with Crippen LogP contribution in [0.1, 0.15) is 12.0 Å². The van der Waals surface area contributed by atoms with Crippen molar-refractivity contribution < 1.29 is 0 Å². The molecule has 0 aliphatic carbocycles. The Hall–Kier alpha value is -2.08. The average Bonchev–Trinajstić information content (AvgIpc) is 2.38. The number of hydrogen-bond donors (Lipinski definition) is 0. The SMILES string of the molecule is N#CC1=Cc2ccccc2N2CCCN=C12. The molecule has 3 rings (SSSR count). The van der Waals surface area contributed by atoms with E-state index in [0.717, 1.165) is 30.9 Å². The van der Waals surface area contributed by atoms with Crippen molar-refractivity contribution >= 4 is 17.6 Å². The lowest BCUT2D eigenvalue weighted by Gasteiger charge is -2.33. The minimum atomic E-state index is 0.679. The molecule has 16 heavy (non-hydrogen) atoms. The van der Waals surface area contributed by atoms with Crippen molar-refractivity contribution in [2.24, 2.45) is 4.99 Å². The fraction of sp³-hybridized carbons (Fsp3) is 0.231. The Bertz CT molecular complexity index is 534. The summed E-state index contributed by atoms with van der Waals surface area (Å²) in [6.07, 6.45) is 2.98. The summed E-state index contributed by atoms with van der Waals surface area (Å²) in [5.41, 5.74) is 2.96. The van der Waals surface area contributed by atoms with Gasteiger partial charge in [0.25, 0.3) is 0 Å². The van der Waals surface area contributed by atoms with Crippen LogP contribution in [0.25, 0.3) is 6.08 Å². The summed E-state index contributed by atoms with van der Waals surface area (Å²) in [6, 6.07) is 10.4. The van der Waals surface area contributed by atoms with Gasteiger partial charge in [-0.2, -0.15) is 5.26 Å². The number of hydrogen-bond acceptors (Lipinski definition) is 3. The van der Waals surface area contributed by atoms with Gasteiger partial charge in [-0.15, -0.1) is 0 Å². The Kier molecular flexibility index (Phi) is 2.00. The fourth-order valence-electron chi connectivity index (χ4n) is 2.23. The summed E-state index contributed by atoms with van der Waals surface area (Å²) in [7, 11) is 0. The number of amidine groups is 1. The molecule has 0 unspecified atom stereocenters. The molecular weight excluding hydrogens is 198 g/mol.